The summed E-state index contributed by atoms with van der Waals surface area (Å²) in [4.78, 5) is 2.25. The SMILES string of the molecule is FC(F)(F)CCCN1CCNCC1C1CC1. The molecule has 16 heavy (non-hydrogen) atoms. The molecule has 2 aliphatic rings. The van der Waals surface area contributed by atoms with Crippen LogP contribution in [0.1, 0.15) is 25.7 Å². The van der Waals surface area contributed by atoms with Crippen molar-refractivity contribution in [1.82, 2.24) is 10.2 Å². The van der Waals surface area contributed by atoms with Gasteiger partial charge < -0.3 is 5.32 Å². The summed E-state index contributed by atoms with van der Waals surface area (Å²) in [6, 6.07) is 0.488. The summed E-state index contributed by atoms with van der Waals surface area (Å²) in [6.07, 6.45) is -1.89. The number of piperazine rings is 1. The quantitative estimate of drug-likeness (QED) is 0.803. The van der Waals surface area contributed by atoms with Crippen molar-refractivity contribution in [3.05, 3.63) is 0 Å². The second-order valence-corrected chi connectivity index (χ2v) is 4.86. The van der Waals surface area contributed by atoms with Crippen LogP contribution in [0, 0.1) is 5.92 Å². The van der Waals surface area contributed by atoms with Crippen molar-refractivity contribution in [3.8, 4) is 0 Å². The topological polar surface area (TPSA) is 15.3 Å². The molecular formula is C11H19F3N2. The fraction of sp³-hybridized carbons (Fsp3) is 1.00. The third-order valence-corrected chi connectivity index (χ3v) is 3.47. The van der Waals surface area contributed by atoms with E-state index < -0.39 is 12.6 Å². The van der Waals surface area contributed by atoms with E-state index >= 15 is 0 Å². The summed E-state index contributed by atoms with van der Waals surface area (Å²) in [7, 11) is 0. The van der Waals surface area contributed by atoms with Crippen molar-refractivity contribution in [2.45, 2.75) is 37.9 Å². The number of alkyl halides is 3. The van der Waals surface area contributed by atoms with E-state index in [0.717, 1.165) is 25.6 Å². The largest absolute Gasteiger partial charge is 0.389 e. The first-order valence-corrected chi connectivity index (χ1v) is 6.08. The molecule has 2 rings (SSSR count). The highest BCUT2D eigenvalue weighted by Crippen LogP contribution is 2.36. The fourth-order valence-electron chi connectivity index (χ4n) is 2.47. The van der Waals surface area contributed by atoms with E-state index in [9.17, 15) is 13.2 Å². The molecule has 0 radical (unpaired) electrons. The molecule has 1 aliphatic heterocycles. The van der Waals surface area contributed by atoms with Gasteiger partial charge in [0.2, 0.25) is 0 Å². The second kappa shape index (κ2) is 4.92. The lowest BCUT2D eigenvalue weighted by Gasteiger charge is -2.36. The molecule has 2 fully saturated rings. The van der Waals surface area contributed by atoms with Crippen molar-refractivity contribution < 1.29 is 13.2 Å². The number of halogens is 3. The molecule has 0 aromatic rings. The van der Waals surface area contributed by atoms with Crippen LogP contribution in [0.3, 0.4) is 0 Å². The summed E-state index contributed by atoms with van der Waals surface area (Å²) in [5, 5.41) is 3.33. The fourth-order valence-corrected chi connectivity index (χ4v) is 2.47. The van der Waals surface area contributed by atoms with Crippen LogP contribution in [-0.2, 0) is 0 Å². The number of nitrogens with one attached hydrogen (secondary N) is 1. The van der Waals surface area contributed by atoms with Gasteiger partial charge in [0.15, 0.2) is 0 Å². The molecule has 0 aromatic carbocycles. The first-order valence-electron chi connectivity index (χ1n) is 6.08. The van der Waals surface area contributed by atoms with Crippen LogP contribution < -0.4 is 5.32 Å². The Morgan fingerprint density at radius 1 is 1.25 bits per heavy atom. The third-order valence-electron chi connectivity index (χ3n) is 3.47. The molecule has 94 valence electrons. The highest BCUT2D eigenvalue weighted by Gasteiger charge is 2.36. The molecule has 1 saturated carbocycles. The van der Waals surface area contributed by atoms with Gasteiger partial charge in [-0.3, -0.25) is 4.90 Å². The Bertz CT molecular complexity index is 226. The molecule has 5 heteroatoms. The summed E-state index contributed by atoms with van der Waals surface area (Å²) in [5.41, 5.74) is 0. The smallest absolute Gasteiger partial charge is 0.314 e. The van der Waals surface area contributed by atoms with Crippen molar-refractivity contribution in [2.75, 3.05) is 26.2 Å². The van der Waals surface area contributed by atoms with Gasteiger partial charge in [-0.25, -0.2) is 0 Å². The van der Waals surface area contributed by atoms with Crippen LogP contribution in [0.5, 0.6) is 0 Å². The van der Waals surface area contributed by atoms with Crippen LogP contribution in [-0.4, -0.2) is 43.3 Å². The minimum Gasteiger partial charge on any atom is -0.314 e. The first-order chi connectivity index (χ1) is 7.56. The number of rotatable bonds is 4. The minimum absolute atomic E-state index is 0.243. The average molecular weight is 236 g/mol. The summed E-state index contributed by atoms with van der Waals surface area (Å²) >= 11 is 0. The van der Waals surface area contributed by atoms with Gasteiger partial charge in [-0.1, -0.05) is 0 Å². The zero-order valence-corrected chi connectivity index (χ0v) is 9.39. The molecule has 1 atom stereocenters. The van der Waals surface area contributed by atoms with Crippen LogP contribution in [0.25, 0.3) is 0 Å². The molecule has 0 bridgehead atoms. The van der Waals surface area contributed by atoms with Crippen molar-refractivity contribution in [2.24, 2.45) is 5.92 Å². The van der Waals surface area contributed by atoms with Crippen LogP contribution in [0.15, 0.2) is 0 Å². The molecular weight excluding hydrogens is 217 g/mol. The lowest BCUT2D eigenvalue weighted by molar-refractivity contribution is -0.136. The van der Waals surface area contributed by atoms with Gasteiger partial charge in [-0.2, -0.15) is 13.2 Å². The van der Waals surface area contributed by atoms with Crippen molar-refractivity contribution in [3.63, 3.8) is 0 Å². The Hall–Kier alpha value is -0.290. The molecule has 1 N–H and O–H groups in total. The second-order valence-electron chi connectivity index (χ2n) is 4.86. The van der Waals surface area contributed by atoms with Gasteiger partial charge in [0.1, 0.15) is 0 Å². The Balaban J connectivity index is 1.73. The van der Waals surface area contributed by atoms with Gasteiger partial charge in [0.25, 0.3) is 0 Å². The van der Waals surface area contributed by atoms with Gasteiger partial charge in [-0.15, -0.1) is 0 Å². The van der Waals surface area contributed by atoms with E-state index in [1.807, 2.05) is 0 Å². The summed E-state index contributed by atoms with van der Waals surface area (Å²) in [6.45, 7) is 3.37. The van der Waals surface area contributed by atoms with Crippen LogP contribution in [0.2, 0.25) is 0 Å². The maximum Gasteiger partial charge on any atom is 0.389 e. The molecule has 1 saturated heterocycles. The van der Waals surface area contributed by atoms with Crippen LogP contribution >= 0.6 is 0 Å². The normalized spacial score (nSPS) is 28.3. The van der Waals surface area contributed by atoms with Crippen molar-refractivity contribution in [1.29, 1.82) is 0 Å². The Morgan fingerprint density at radius 3 is 2.62 bits per heavy atom. The lowest BCUT2D eigenvalue weighted by Crippen LogP contribution is -2.52. The van der Waals surface area contributed by atoms with E-state index in [2.05, 4.69) is 10.2 Å². The van der Waals surface area contributed by atoms with Gasteiger partial charge >= 0.3 is 6.18 Å². The summed E-state index contributed by atoms with van der Waals surface area (Å²) < 4.78 is 36.1. The minimum atomic E-state index is -4.00. The highest BCUT2D eigenvalue weighted by molar-refractivity contribution is 4.92. The van der Waals surface area contributed by atoms with Gasteiger partial charge in [0.05, 0.1) is 0 Å². The maximum atomic E-state index is 12.0. The Kier molecular flexibility index (Phi) is 3.74. The molecule has 0 amide bonds. The van der Waals surface area contributed by atoms with E-state index in [-0.39, 0.29) is 6.42 Å². The monoisotopic (exact) mass is 236 g/mol. The average Bonchev–Trinajstić information content (AvgIpc) is 3.00. The Labute approximate surface area is 94.2 Å². The molecule has 0 spiro atoms. The molecule has 0 aromatic heterocycles. The predicted molar refractivity (Wildman–Crippen MR) is 56.2 cm³/mol. The number of nitrogens with zero attached hydrogens (tertiary/aromatic N) is 1. The van der Waals surface area contributed by atoms with E-state index in [1.165, 1.54) is 12.8 Å². The van der Waals surface area contributed by atoms with Gasteiger partial charge in [0, 0.05) is 32.1 Å². The standard InChI is InChI=1S/C11H19F3N2/c12-11(13,14)4-1-6-16-7-5-15-8-10(16)9-2-3-9/h9-10,15H,1-8H2. The number of hydrogen-bond donors (Lipinski definition) is 1. The third kappa shape index (κ3) is 3.63. The van der Waals surface area contributed by atoms with Gasteiger partial charge in [-0.05, 0) is 31.7 Å². The first kappa shape index (κ1) is 12.2. The van der Waals surface area contributed by atoms with E-state index in [1.54, 1.807) is 0 Å². The van der Waals surface area contributed by atoms with Crippen molar-refractivity contribution >= 4 is 0 Å². The Morgan fingerprint density at radius 2 is 2.00 bits per heavy atom. The maximum absolute atomic E-state index is 12.0. The van der Waals surface area contributed by atoms with E-state index in [4.69, 9.17) is 0 Å². The number of hydrogen-bond acceptors (Lipinski definition) is 2. The molecule has 1 aliphatic carbocycles. The highest BCUT2D eigenvalue weighted by atomic mass is 19.4. The zero-order chi connectivity index (χ0) is 11.6. The van der Waals surface area contributed by atoms with Crippen LogP contribution in [0.4, 0.5) is 13.2 Å². The molecule has 2 nitrogen and oxygen atoms in total. The predicted octanol–water partition coefficient (Wildman–Crippen LogP) is 2.01. The molecule has 1 heterocycles. The lowest BCUT2D eigenvalue weighted by atomic mass is 10.1. The zero-order valence-electron chi connectivity index (χ0n) is 9.39. The summed E-state index contributed by atoms with van der Waals surface area (Å²) in [5.74, 6) is 0.735. The molecule has 1 unspecified atom stereocenters. The van der Waals surface area contributed by atoms with E-state index in [0.29, 0.717) is 12.6 Å².